The fraction of sp³-hybridized carbons (Fsp3) is 0.500. The van der Waals surface area contributed by atoms with Crippen LogP contribution in [0.5, 0.6) is 5.75 Å². The standard InChI is InChI=1S/C14H17ClO3/c1-3-6-17-14-11(16)8-13(14)18-12-7-9(2)4-5-10(12)15/h4-5,7,13-14H,3,6,8H2,1-2H3. The summed E-state index contributed by atoms with van der Waals surface area (Å²) in [7, 11) is 0. The third-order valence-corrected chi connectivity index (χ3v) is 3.24. The Morgan fingerprint density at radius 2 is 2.22 bits per heavy atom. The van der Waals surface area contributed by atoms with Gasteiger partial charge in [-0.15, -0.1) is 0 Å². The first kappa shape index (κ1) is 13.4. The van der Waals surface area contributed by atoms with E-state index in [1.807, 2.05) is 26.0 Å². The molecular formula is C14H17ClO3. The van der Waals surface area contributed by atoms with Gasteiger partial charge in [-0.05, 0) is 31.0 Å². The Balaban J connectivity index is 2.01. The lowest BCUT2D eigenvalue weighted by molar-refractivity contribution is -0.154. The Hall–Kier alpha value is -1.06. The summed E-state index contributed by atoms with van der Waals surface area (Å²) in [4.78, 5) is 11.5. The SMILES string of the molecule is CCCOC1C(=O)CC1Oc1cc(C)ccc1Cl. The second-order valence-corrected chi connectivity index (χ2v) is 4.96. The Morgan fingerprint density at radius 3 is 2.89 bits per heavy atom. The van der Waals surface area contributed by atoms with Gasteiger partial charge in [-0.2, -0.15) is 0 Å². The van der Waals surface area contributed by atoms with Crippen LogP contribution in [0.1, 0.15) is 25.3 Å². The third-order valence-electron chi connectivity index (χ3n) is 2.92. The first-order valence-corrected chi connectivity index (χ1v) is 6.56. The molecule has 1 aliphatic carbocycles. The lowest BCUT2D eigenvalue weighted by Gasteiger charge is -2.34. The second kappa shape index (κ2) is 5.72. The maximum Gasteiger partial charge on any atom is 0.169 e. The summed E-state index contributed by atoms with van der Waals surface area (Å²) < 4.78 is 11.2. The van der Waals surface area contributed by atoms with E-state index in [1.165, 1.54) is 0 Å². The van der Waals surface area contributed by atoms with Crippen LogP contribution >= 0.6 is 11.6 Å². The highest BCUT2D eigenvalue weighted by Crippen LogP contribution is 2.31. The number of hydrogen-bond acceptors (Lipinski definition) is 3. The van der Waals surface area contributed by atoms with Crippen molar-refractivity contribution in [2.24, 2.45) is 0 Å². The minimum absolute atomic E-state index is 0.109. The second-order valence-electron chi connectivity index (χ2n) is 4.55. The van der Waals surface area contributed by atoms with Crippen LogP contribution in [0.15, 0.2) is 18.2 Å². The highest BCUT2D eigenvalue weighted by atomic mass is 35.5. The van der Waals surface area contributed by atoms with E-state index < -0.39 is 6.10 Å². The smallest absolute Gasteiger partial charge is 0.169 e. The van der Waals surface area contributed by atoms with Crippen LogP contribution in [-0.2, 0) is 9.53 Å². The molecule has 2 atom stereocenters. The number of Topliss-reactive ketones (excluding diaryl/α,β-unsaturated/α-hetero) is 1. The molecule has 0 saturated heterocycles. The van der Waals surface area contributed by atoms with Crippen molar-refractivity contribution >= 4 is 17.4 Å². The molecule has 0 radical (unpaired) electrons. The predicted molar refractivity (Wildman–Crippen MR) is 70.3 cm³/mol. The average Bonchev–Trinajstić information content (AvgIpc) is 2.33. The van der Waals surface area contributed by atoms with Crippen molar-refractivity contribution in [3.63, 3.8) is 0 Å². The van der Waals surface area contributed by atoms with Gasteiger partial charge in [0.25, 0.3) is 0 Å². The fourth-order valence-corrected chi connectivity index (χ4v) is 2.04. The molecule has 1 aromatic rings. The molecule has 0 aromatic heterocycles. The third kappa shape index (κ3) is 2.85. The van der Waals surface area contributed by atoms with Crippen LogP contribution in [0, 0.1) is 6.92 Å². The van der Waals surface area contributed by atoms with Crippen molar-refractivity contribution in [2.45, 2.75) is 38.9 Å². The van der Waals surface area contributed by atoms with E-state index in [9.17, 15) is 4.79 Å². The Labute approximate surface area is 112 Å². The molecule has 0 amide bonds. The maximum absolute atomic E-state index is 11.5. The molecule has 98 valence electrons. The minimum Gasteiger partial charge on any atom is -0.485 e. The number of aryl methyl sites for hydroxylation is 1. The molecule has 3 nitrogen and oxygen atoms in total. The first-order valence-electron chi connectivity index (χ1n) is 6.19. The summed E-state index contributed by atoms with van der Waals surface area (Å²) in [5.41, 5.74) is 1.08. The quantitative estimate of drug-likeness (QED) is 0.823. The van der Waals surface area contributed by atoms with E-state index in [2.05, 4.69) is 0 Å². The molecular weight excluding hydrogens is 252 g/mol. The van der Waals surface area contributed by atoms with E-state index >= 15 is 0 Å². The molecule has 0 spiro atoms. The van der Waals surface area contributed by atoms with Crippen LogP contribution in [0.25, 0.3) is 0 Å². The highest BCUT2D eigenvalue weighted by molar-refractivity contribution is 6.32. The average molecular weight is 269 g/mol. The number of carbonyl (C=O) groups excluding carboxylic acids is 1. The van der Waals surface area contributed by atoms with Gasteiger partial charge in [0.2, 0.25) is 0 Å². The monoisotopic (exact) mass is 268 g/mol. The van der Waals surface area contributed by atoms with E-state index in [0.717, 1.165) is 12.0 Å². The van der Waals surface area contributed by atoms with Gasteiger partial charge in [0.05, 0.1) is 5.02 Å². The van der Waals surface area contributed by atoms with Gasteiger partial charge in [-0.1, -0.05) is 24.6 Å². The molecule has 4 heteroatoms. The summed E-state index contributed by atoms with van der Waals surface area (Å²) in [5.74, 6) is 0.733. The molecule has 2 rings (SSSR count). The minimum atomic E-state index is -0.429. The highest BCUT2D eigenvalue weighted by Gasteiger charge is 2.42. The van der Waals surface area contributed by atoms with Crippen molar-refractivity contribution in [1.29, 1.82) is 0 Å². The van der Waals surface area contributed by atoms with Crippen molar-refractivity contribution in [3.8, 4) is 5.75 Å². The zero-order valence-electron chi connectivity index (χ0n) is 10.6. The Kier molecular flexibility index (Phi) is 4.25. The number of benzene rings is 1. The van der Waals surface area contributed by atoms with Crippen LogP contribution in [0.3, 0.4) is 0 Å². The molecule has 1 aromatic carbocycles. The molecule has 0 heterocycles. The molecule has 0 N–H and O–H groups in total. The summed E-state index contributed by atoms with van der Waals surface area (Å²) in [5, 5.41) is 0.564. The van der Waals surface area contributed by atoms with Crippen LogP contribution in [0.2, 0.25) is 5.02 Å². The van der Waals surface area contributed by atoms with Crippen molar-refractivity contribution in [1.82, 2.24) is 0 Å². The molecule has 1 fully saturated rings. The lowest BCUT2D eigenvalue weighted by atomic mass is 9.90. The largest absolute Gasteiger partial charge is 0.485 e. The lowest BCUT2D eigenvalue weighted by Crippen LogP contribution is -2.52. The number of ether oxygens (including phenoxy) is 2. The predicted octanol–water partition coefficient (Wildman–Crippen LogP) is 3.16. The van der Waals surface area contributed by atoms with Gasteiger partial charge in [0.1, 0.15) is 11.9 Å². The molecule has 1 aliphatic rings. The van der Waals surface area contributed by atoms with Crippen LogP contribution in [0.4, 0.5) is 0 Å². The van der Waals surface area contributed by atoms with E-state index in [4.69, 9.17) is 21.1 Å². The number of halogens is 1. The number of hydrogen-bond donors (Lipinski definition) is 0. The van der Waals surface area contributed by atoms with Crippen molar-refractivity contribution < 1.29 is 14.3 Å². The maximum atomic E-state index is 11.5. The van der Waals surface area contributed by atoms with Gasteiger partial charge in [0.15, 0.2) is 11.9 Å². The summed E-state index contributed by atoms with van der Waals surface area (Å²) in [6.07, 6.45) is 0.658. The van der Waals surface area contributed by atoms with E-state index in [-0.39, 0.29) is 11.9 Å². The molecule has 0 aliphatic heterocycles. The van der Waals surface area contributed by atoms with Gasteiger partial charge in [-0.25, -0.2) is 0 Å². The number of rotatable bonds is 5. The van der Waals surface area contributed by atoms with Crippen LogP contribution < -0.4 is 4.74 Å². The first-order chi connectivity index (χ1) is 8.61. The number of carbonyl (C=O) groups is 1. The molecule has 1 saturated carbocycles. The van der Waals surface area contributed by atoms with Crippen molar-refractivity contribution in [2.75, 3.05) is 6.61 Å². The summed E-state index contributed by atoms with van der Waals surface area (Å²) >= 11 is 6.06. The zero-order chi connectivity index (χ0) is 13.1. The Morgan fingerprint density at radius 1 is 1.44 bits per heavy atom. The van der Waals surface area contributed by atoms with Gasteiger partial charge >= 0.3 is 0 Å². The van der Waals surface area contributed by atoms with E-state index in [1.54, 1.807) is 6.07 Å². The normalized spacial score (nSPS) is 22.7. The summed E-state index contributed by atoms with van der Waals surface area (Å²) in [6, 6.07) is 5.60. The fourth-order valence-electron chi connectivity index (χ4n) is 1.88. The van der Waals surface area contributed by atoms with Gasteiger partial charge < -0.3 is 9.47 Å². The molecule has 2 unspecified atom stereocenters. The zero-order valence-corrected chi connectivity index (χ0v) is 11.4. The van der Waals surface area contributed by atoms with Gasteiger partial charge in [0, 0.05) is 13.0 Å². The van der Waals surface area contributed by atoms with Crippen LogP contribution in [-0.4, -0.2) is 24.6 Å². The Bertz CT molecular complexity index is 445. The van der Waals surface area contributed by atoms with Crippen molar-refractivity contribution in [3.05, 3.63) is 28.8 Å². The number of ketones is 1. The van der Waals surface area contributed by atoms with Gasteiger partial charge in [-0.3, -0.25) is 4.79 Å². The summed E-state index contributed by atoms with van der Waals surface area (Å²) in [6.45, 7) is 4.56. The topological polar surface area (TPSA) is 35.5 Å². The molecule has 18 heavy (non-hydrogen) atoms. The van der Waals surface area contributed by atoms with E-state index in [0.29, 0.717) is 23.8 Å². The molecule has 0 bridgehead atoms.